The van der Waals surface area contributed by atoms with E-state index >= 15 is 0 Å². The molecule has 0 spiro atoms. The lowest BCUT2D eigenvalue weighted by Gasteiger charge is -2.23. The number of nitrogens with zero attached hydrogens (tertiary/aromatic N) is 3. The SMILES string of the molecule is CCOC(=O)/C=C/c1c(-c2ccccc2)nc2c(cnn2CC)c1CC1CCCCC1. The van der Waals surface area contributed by atoms with Gasteiger partial charge in [0.15, 0.2) is 5.65 Å². The van der Waals surface area contributed by atoms with Gasteiger partial charge < -0.3 is 4.74 Å². The molecule has 0 atom stereocenters. The zero-order valence-electron chi connectivity index (χ0n) is 18.5. The van der Waals surface area contributed by atoms with E-state index in [1.807, 2.05) is 42.1 Å². The minimum Gasteiger partial charge on any atom is -0.463 e. The number of carbonyl (C=O) groups excluding carboxylic acids is 1. The Morgan fingerprint density at radius 2 is 1.94 bits per heavy atom. The number of aryl methyl sites for hydroxylation is 1. The average Bonchev–Trinajstić information content (AvgIpc) is 3.22. The third-order valence-corrected chi connectivity index (χ3v) is 6.17. The van der Waals surface area contributed by atoms with Gasteiger partial charge in [-0.3, -0.25) is 0 Å². The molecule has 0 bridgehead atoms. The maximum atomic E-state index is 12.1. The van der Waals surface area contributed by atoms with Gasteiger partial charge in [0.25, 0.3) is 0 Å². The number of hydrogen-bond donors (Lipinski definition) is 0. The van der Waals surface area contributed by atoms with E-state index in [0.717, 1.165) is 40.8 Å². The Kier molecular flexibility index (Phi) is 6.80. The predicted molar refractivity (Wildman–Crippen MR) is 125 cm³/mol. The third kappa shape index (κ3) is 4.71. The van der Waals surface area contributed by atoms with E-state index in [1.54, 1.807) is 0 Å². The second kappa shape index (κ2) is 9.90. The van der Waals surface area contributed by atoms with Crippen LogP contribution in [-0.2, 0) is 22.5 Å². The summed E-state index contributed by atoms with van der Waals surface area (Å²) in [6, 6.07) is 10.2. The Morgan fingerprint density at radius 3 is 2.65 bits per heavy atom. The Hall–Kier alpha value is -2.95. The van der Waals surface area contributed by atoms with E-state index in [1.165, 1.54) is 43.7 Å². The van der Waals surface area contributed by atoms with Crippen LogP contribution in [0.5, 0.6) is 0 Å². The highest BCUT2D eigenvalue weighted by Gasteiger charge is 2.22. The van der Waals surface area contributed by atoms with Gasteiger partial charge in [-0.2, -0.15) is 5.10 Å². The van der Waals surface area contributed by atoms with Gasteiger partial charge in [-0.05, 0) is 37.8 Å². The summed E-state index contributed by atoms with van der Waals surface area (Å²) >= 11 is 0. The largest absolute Gasteiger partial charge is 0.463 e. The van der Waals surface area contributed by atoms with Crippen LogP contribution in [0.1, 0.15) is 57.1 Å². The first kappa shape index (κ1) is 21.3. The standard InChI is InChI=1S/C26H31N3O2/c1-3-29-26-23(18-27-29)22(17-19-11-7-5-8-12-19)21(15-16-24(30)31-4-2)25(28-26)20-13-9-6-10-14-20/h6,9-10,13-16,18-19H,3-5,7-8,11-12,17H2,1-2H3/b16-15+. The minimum absolute atomic E-state index is 0.325. The molecular weight excluding hydrogens is 386 g/mol. The number of hydrogen-bond acceptors (Lipinski definition) is 4. The molecular formula is C26H31N3O2. The maximum Gasteiger partial charge on any atom is 0.330 e. The van der Waals surface area contributed by atoms with Gasteiger partial charge in [0, 0.05) is 29.1 Å². The zero-order chi connectivity index (χ0) is 21.6. The predicted octanol–water partition coefficient (Wildman–Crippen LogP) is 5.82. The number of aromatic nitrogens is 3. The van der Waals surface area contributed by atoms with Gasteiger partial charge in [0.05, 0.1) is 18.5 Å². The van der Waals surface area contributed by atoms with Gasteiger partial charge in [-0.15, -0.1) is 0 Å². The van der Waals surface area contributed by atoms with E-state index in [9.17, 15) is 4.79 Å². The molecule has 1 aliphatic carbocycles. The van der Waals surface area contributed by atoms with Crippen molar-refractivity contribution in [1.29, 1.82) is 0 Å². The number of pyridine rings is 1. The summed E-state index contributed by atoms with van der Waals surface area (Å²) in [5, 5.41) is 5.70. The van der Waals surface area contributed by atoms with Gasteiger partial charge in [-0.1, -0.05) is 62.4 Å². The van der Waals surface area contributed by atoms with E-state index < -0.39 is 0 Å². The van der Waals surface area contributed by atoms with Gasteiger partial charge >= 0.3 is 5.97 Å². The van der Waals surface area contributed by atoms with Crippen molar-refractivity contribution in [2.24, 2.45) is 5.92 Å². The van der Waals surface area contributed by atoms with Crippen molar-refractivity contribution in [3.05, 3.63) is 53.7 Å². The number of carbonyl (C=O) groups is 1. The number of benzene rings is 1. The van der Waals surface area contributed by atoms with E-state index in [2.05, 4.69) is 24.2 Å². The smallest absolute Gasteiger partial charge is 0.330 e. The molecule has 1 aromatic carbocycles. The van der Waals surface area contributed by atoms with Crippen molar-refractivity contribution in [2.45, 2.75) is 58.9 Å². The van der Waals surface area contributed by atoms with Crippen LogP contribution < -0.4 is 0 Å². The second-order valence-electron chi connectivity index (χ2n) is 8.21. The summed E-state index contributed by atoms with van der Waals surface area (Å²) < 4.78 is 7.11. The van der Waals surface area contributed by atoms with Gasteiger partial charge in [-0.25, -0.2) is 14.5 Å². The Balaban J connectivity index is 1.91. The molecule has 0 N–H and O–H groups in total. The first-order valence-electron chi connectivity index (χ1n) is 11.5. The first-order chi connectivity index (χ1) is 15.2. The van der Waals surface area contributed by atoms with Crippen molar-refractivity contribution < 1.29 is 9.53 Å². The van der Waals surface area contributed by atoms with Crippen LogP contribution >= 0.6 is 0 Å². The molecule has 162 valence electrons. The molecule has 2 heterocycles. The van der Waals surface area contributed by atoms with Crippen LogP contribution in [0.3, 0.4) is 0 Å². The highest BCUT2D eigenvalue weighted by atomic mass is 16.5. The summed E-state index contributed by atoms with van der Waals surface area (Å²) in [7, 11) is 0. The van der Waals surface area contributed by atoms with Gasteiger partial charge in [0.2, 0.25) is 0 Å². The molecule has 1 fully saturated rings. The first-order valence-corrected chi connectivity index (χ1v) is 11.5. The van der Waals surface area contributed by atoms with Crippen molar-refractivity contribution in [1.82, 2.24) is 14.8 Å². The fourth-order valence-corrected chi connectivity index (χ4v) is 4.63. The van der Waals surface area contributed by atoms with E-state index in [4.69, 9.17) is 9.72 Å². The third-order valence-electron chi connectivity index (χ3n) is 6.17. The Morgan fingerprint density at radius 1 is 1.16 bits per heavy atom. The van der Waals surface area contributed by atoms with Crippen molar-refractivity contribution in [3.63, 3.8) is 0 Å². The fourth-order valence-electron chi connectivity index (χ4n) is 4.63. The molecule has 5 nitrogen and oxygen atoms in total. The minimum atomic E-state index is -0.325. The highest BCUT2D eigenvalue weighted by Crippen LogP contribution is 2.35. The van der Waals surface area contributed by atoms with Crippen LogP contribution in [0.4, 0.5) is 0 Å². The molecule has 1 aliphatic rings. The van der Waals surface area contributed by atoms with Crippen molar-refractivity contribution in [3.8, 4) is 11.3 Å². The lowest BCUT2D eigenvalue weighted by Crippen LogP contribution is -2.12. The Bertz CT molecular complexity index is 1060. The summed E-state index contributed by atoms with van der Waals surface area (Å²) in [6.07, 6.45) is 12.8. The number of fused-ring (bicyclic) bond motifs is 1. The van der Waals surface area contributed by atoms with Crippen LogP contribution in [0.15, 0.2) is 42.6 Å². The Labute approximate surface area is 184 Å². The van der Waals surface area contributed by atoms with E-state index in [0.29, 0.717) is 12.5 Å². The number of ether oxygens (including phenoxy) is 1. The lowest BCUT2D eigenvalue weighted by molar-refractivity contribution is -0.137. The molecule has 0 unspecified atom stereocenters. The highest BCUT2D eigenvalue weighted by molar-refractivity contribution is 5.93. The molecule has 0 aliphatic heterocycles. The molecule has 0 amide bonds. The van der Waals surface area contributed by atoms with Crippen molar-refractivity contribution >= 4 is 23.1 Å². The monoisotopic (exact) mass is 417 g/mol. The topological polar surface area (TPSA) is 57.0 Å². The molecule has 1 saturated carbocycles. The molecule has 0 saturated heterocycles. The quantitative estimate of drug-likeness (QED) is 0.359. The molecule has 31 heavy (non-hydrogen) atoms. The summed E-state index contributed by atoms with van der Waals surface area (Å²) in [5.74, 6) is 0.331. The normalized spacial score (nSPS) is 15.0. The summed E-state index contributed by atoms with van der Waals surface area (Å²) in [5.41, 5.74) is 5.11. The van der Waals surface area contributed by atoms with E-state index in [-0.39, 0.29) is 5.97 Å². The molecule has 5 heteroatoms. The maximum absolute atomic E-state index is 12.1. The fraction of sp³-hybridized carbons (Fsp3) is 0.423. The number of rotatable bonds is 7. The molecule has 3 aromatic rings. The lowest BCUT2D eigenvalue weighted by atomic mass is 9.82. The summed E-state index contributed by atoms with van der Waals surface area (Å²) in [6.45, 7) is 5.05. The number of esters is 1. The average molecular weight is 418 g/mol. The van der Waals surface area contributed by atoms with Crippen LogP contribution in [-0.4, -0.2) is 27.3 Å². The van der Waals surface area contributed by atoms with Crippen molar-refractivity contribution in [2.75, 3.05) is 6.61 Å². The van der Waals surface area contributed by atoms with Gasteiger partial charge in [0.1, 0.15) is 0 Å². The second-order valence-corrected chi connectivity index (χ2v) is 8.21. The van der Waals surface area contributed by atoms with Crippen LogP contribution in [0.25, 0.3) is 28.4 Å². The summed E-state index contributed by atoms with van der Waals surface area (Å²) in [4.78, 5) is 17.2. The molecule has 2 aromatic heterocycles. The van der Waals surface area contributed by atoms with Crippen LogP contribution in [0.2, 0.25) is 0 Å². The molecule has 4 rings (SSSR count). The van der Waals surface area contributed by atoms with Crippen LogP contribution in [0, 0.1) is 5.92 Å². The zero-order valence-corrected chi connectivity index (χ0v) is 18.5. The molecule has 0 radical (unpaired) electrons.